The summed E-state index contributed by atoms with van der Waals surface area (Å²) in [6, 6.07) is 8.79. The van der Waals surface area contributed by atoms with E-state index in [9.17, 15) is 14.4 Å². The third-order valence-corrected chi connectivity index (χ3v) is 7.55. The molecule has 200 valence electrons. The number of nitrogens with one attached hydrogen (secondary N) is 2. The van der Waals surface area contributed by atoms with E-state index in [-0.39, 0.29) is 24.1 Å². The number of carbonyl (C=O) groups excluding carboxylic acids is 3. The Balaban J connectivity index is 1.36. The predicted octanol–water partition coefficient (Wildman–Crippen LogP) is 4.99. The Kier molecular flexibility index (Phi) is 6.87. The second-order valence-corrected chi connectivity index (χ2v) is 11.4. The smallest absolute Gasteiger partial charge is 0.410 e. The number of likely N-dealkylation sites (tertiary alicyclic amines) is 1. The van der Waals surface area contributed by atoms with Crippen molar-refractivity contribution in [2.75, 3.05) is 30.4 Å². The number of amides is 4. The second-order valence-electron chi connectivity index (χ2n) is 10.4. The first-order valence-corrected chi connectivity index (χ1v) is 13.4. The fourth-order valence-corrected chi connectivity index (χ4v) is 5.73. The van der Waals surface area contributed by atoms with Gasteiger partial charge in [-0.05, 0) is 57.4 Å². The third-order valence-electron chi connectivity index (χ3n) is 6.45. The van der Waals surface area contributed by atoms with Gasteiger partial charge >= 0.3 is 12.1 Å². The van der Waals surface area contributed by atoms with Crippen molar-refractivity contribution in [1.29, 1.82) is 0 Å². The zero-order valence-electron chi connectivity index (χ0n) is 21.9. The molecule has 1 aromatic carbocycles. The Labute approximate surface area is 224 Å². The molecule has 0 aliphatic carbocycles. The van der Waals surface area contributed by atoms with Crippen LogP contribution in [0.4, 0.5) is 21.0 Å². The van der Waals surface area contributed by atoms with E-state index in [1.807, 2.05) is 45.0 Å². The zero-order chi connectivity index (χ0) is 27.0. The summed E-state index contributed by atoms with van der Waals surface area (Å²) in [7, 11) is 1.61. The number of hydrogen-bond acceptors (Lipinski definition) is 7. The van der Waals surface area contributed by atoms with Crippen LogP contribution in [0.2, 0.25) is 0 Å². The average Bonchev–Trinajstić information content (AvgIpc) is 3.25. The van der Waals surface area contributed by atoms with Crippen LogP contribution in [-0.2, 0) is 11.3 Å². The Hall–Kier alpha value is -3.86. The minimum absolute atomic E-state index is 0.223. The van der Waals surface area contributed by atoms with Gasteiger partial charge in [-0.2, -0.15) is 0 Å². The molecule has 0 radical (unpaired) electrons. The molecule has 0 spiro atoms. The predicted molar refractivity (Wildman–Crippen MR) is 146 cm³/mol. The molecule has 4 amide bonds. The highest BCUT2D eigenvalue weighted by molar-refractivity contribution is 7.21. The Morgan fingerprint density at radius 1 is 1.21 bits per heavy atom. The van der Waals surface area contributed by atoms with Crippen LogP contribution in [0.25, 0.3) is 10.2 Å². The first-order valence-electron chi connectivity index (χ1n) is 12.5. The molecule has 0 bridgehead atoms. The Morgan fingerprint density at radius 2 is 1.97 bits per heavy atom. The van der Waals surface area contributed by atoms with Crippen LogP contribution >= 0.6 is 11.3 Å². The third kappa shape index (κ3) is 5.24. The average molecular weight is 538 g/mol. The van der Waals surface area contributed by atoms with Crippen molar-refractivity contribution in [3.05, 3.63) is 47.0 Å². The van der Waals surface area contributed by atoms with E-state index in [4.69, 9.17) is 9.47 Å². The van der Waals surface area contributed by atoms with Crippen LogP contribution in [0.1, 0.15) is 48.8 Å². The fraction of sp³-hybridized carbons (Fsp3) is 0.407. The highest BCUT2D eigenvalue weighted by atomic mass is 32.1. The summed E-state index contributed by atoms with van der Waals surface area (Å²) in [5.74, 6) is 0.444. The summed E-state index contributed by atoms with van der Waals surface area (Å²) in [4.78, 5) is 47.9. The molecular formula is C27H31N5O5S. The largest absolute Gasteiger partial charge is 0.497 e. The van der Waals surface area contributed by atoms with Gasteiger partial charge in [0.1, 0.15) is 21.1 Å². The summed E-state index contributed by atoms with van der Waals surface area (Å²) in [5, 5.41) is 6.73. The summed E-state index contributed by atoms with van der Waals surface area (Å²) in [6.07, 6.45) is 2.77. The molecule has 2 aromatic heterocycles. The van der Waals surface area contributed by atoms with Gasteiger partial charge in [-0.3, -0.25) is 9.69 Å². The quantitative estimate of drug-likeness (QED) is 0.474. The number of methoxy groups -OCH3 is 1. The van der Waals surface area contributed by atoms with Crippen molar-refractivity contribution in [1.82, 2.24) is 15.2 Å². The first kappa shape index (κ1) is 25.8. The van der Waals surface area contributed by atoms with Gasteiger partial charge in [0.05, 0.1) is 30.4 Å². The topological polar surface area (TPSA) is 113 Å². The van der Waals surface area contributed by atoms with E-state index >= 15 is 0 Å². The molecule has 2 aliphatic heterocycles. The van der Waals surface area contributed by atoms with Crippen LogP contribution in [0.5, 0.6) is 5.75 Å². The van der Waals surface area contributed by atoms with Gasteiger partial charge in [0, 0.05) is 25.3 Å². The highest BCUT2D eigenvalue weighted by Gasteiger charge is 2.34. The first-order chi connectivity index (χ1) is 18.1. The molecule has 3 aromatic rings. The molecule has 10 nitrogen and oxygen atoms in total. The van der Waals surface area contributed by atoms with Gasteiger partial charge < -0.3 is 25.0 Å². The van der Waals surface area contributed by atoms with Gasteiger partial charge in [0.15, 0.2) is 0 Å². The lowest BCUT2D eigenvalue weighted by atomic mass is 10.1. The number of anilines is 2. The summed E-state index contributed by atoms with van der Waals surface area (Å²) in [6.45, 7) is 6.80. The number of ether oxygens (including phenoxy) is 2. The minimum Gasteiger partial charge on any atom is -0.497 e. The molecule has 2 aliphatic rings. The summed E-state index contributed by atoms with van der Waals surface area (Å²) in [5.41, 5.74) is 1.53. The van der Waals surface area contributed by atoms with Crippen LogP contribution < -0.4 is 20.3 Å². The molecule has 38 heavy (non-hydrogen) atoms. The summed E-state index contributed by atoms with van der Waals surface area (Å²) >= 11 is 1.24. The number of carbonyl (C=O) groups is 3. The molecule has 0 unspecified atom stereocenters. The van der Waals surface area contributed by atoms with E-state index in [2.05, 4.69) is 15.6 Å². The van der Waals surface area contributed by atoms with E-state index in [1.165, 1.54) is 11.3 Å². The van der Waals surface area contributed by atoms with Crippen LogP contribution in [0.3, 0.4) is 0 Å². The minimum atomic E-state index is -0.586. The molecule has 11 heteroatoms. The fourth-order valence-electron chi connectivity index (χ4n) is 4.70. The molecule has 1 fully saturated rings. The molecule has 1 saturated heterocycles. The molecule has 1 atom stereocenters. The molecule has 0 saturated carbocycles. The highest BCUT2D eigenvalue weighted by Crippen LogP contribution is 2.44. The normalized spacial score (nSPS) is 17.3. The maximum atomic E-state index is 13.4. The van der Waals surface area contributed by atoms with Gasteiger partial charge in [-0.25, -0.2) is 14.6 Å². The number of nitrogens with zero attached hydrogens (tertiary/aromatic N) is 3. The van der Waals surface area contributed by atoms with Crippen molar-refractivity contribution in [2.45, 2.75) is 51.8 Å². The van der Waals surface area contributed by atoms with Crippen molar-refractivity contribution < 1.29 is 23.9 Å². The van der Waals surface area contributed by atoms with E-state index in [0.29, 0.717) is 40.7 Å². The van der Waals surface area contributed by atoms with Crippen molar-refractivity contribution in [3.63, 3.8) is 0 Å². The maximum Gasteiger partial charge on any atom is 0.410 e. The number of benzene rings is 1. The van der Waals surface area contributed by atoms with Gasteiger partial charge in [0.25, 0.3) is 5.91 Å². The second kappa shape index (κ2) is 10.1. The molecular weight excluding hydrogens is 506 g/mol. The zero-order valence-corrected chi connectivity index (χ0v) is 22.7. The SMILES string of the molecule is COc1ccc(CN2C(=O)Nc3c(C(=O)N[C@@H]4CCCN(C(=O)OC(C)(C)C)C4)sc4nccc2c34)cc1. The number of urea groups is 1. The van der Waals surface area contributed by atoms with E-state index in [1.54, 1.807) is 29.2 Å². The maximum absolute atomic E-state index is 13.4. The van der Waals surface area contributed by atoms with Crippen LogP contribution in [0, 0.1) is 0 Å². The molecule has 4 heterocycles. The van der Waals surface area contributed by atoms with Gasteiger partial charge in [-0.15, -0.1) is 11.3 Å². The van der Waals surface area contributed by atoms with Crippen LogP contribution in [-0.4, -0.2) is 59.8 Å². The van der Waals surface area contributed by atoms with Crippen molar-refractivity contribution in [2.24, 2.45) is 0 Å². The van der Waals surface area contributed by atoms with Crippen LogP contribution in [0.15, 0.2) is 36.5 Å². The number of piperidine rings is 1. The molecule has 5 rings (SSSR count). The van der Waals surface area contributed by atoms with E-state index in [0.717, 1.165) is 29.5 Å². The number of pyridine rings is 1. The van der Waals surface area contributed by atoms with Crippen molar-refractivity contribution in [3.8, 4) is 5.75 Å². The number of aromatic nitrogens is 1. The lowest BCUT2D eigenvalue weighted by molar-refractivity contribution is 0.0185. The lowest BCUT2D eigenvalue weighted by Gasteiger charge is -2.34. The number of hydrogen-bond donors (Lipinski definition) is 2. The Bertz CT molecular complexity index is 1380. The standard InChI is InChI=1S/C27H31N5O5S/c1-27(2,3)37-26(35)31-13-5-6-17(15-31)29-23(33)22-21-20-19(11-12-28-24(20)38-22)32(25(34)30-21)14-16-7-9-18(36-4)10-8-16/h7-12,17H,5-6,13-15H2,1-4H3,(H,29,33)(H,30,34)/t17-/m1/s1. The van der Waals surface area contributed by atoms with E-state index < -0.39 is 5.60 Å². The Morgan fingerprint density at radius 3 is 2.68 bits per heavy atom. The number of thiophene rings is 1. The van der Waals surface area contributed by atoms with Gasteiger partial charge in [0.2, 0.25) is 0 Å². The number of rotatable bonds is 5. The molecule has 2 N–H and O–H groups in total. The van der Waals surface area contributed by atoms with Gasteiger partial charge in [-0.1, -0.05) is 12.1 Å². The lowest BCUT2D eigenvalue weighted by Crippen LogP contribution is -2.50. The monoisotopic (exact) mass is 537 g/mol. The summed E-state index contributed by atoms with van der Waals surface area (Å²) < 4.78 is 10.7. The van der Waals surface area contributed by atoms with Crippen molar-refractivity contribution >= 4 is 51.0 Å².